The van der Waals surface area contributed by atoms with Crippen molar-refractivity contribution in [3.8, 4) is 0 Å². The van der Waals surface area contributed by atoms with Gasteiger partial charge in [0, 0.05) is 19.4 Å². The van der Waals surface area contributed by atoms with Crippen LogP contribution in [0.15, 0.2) is 48.5 Å². The number of carbonyl (C=O) groups is 5. The molecule has 11 heteroatoms. The van der Waals surface area contributed by atoms with Crippen LogP contribution in [-0.4, -0.2) is 64.5 Å². The van der Waals surface area contributed by atoms with E-state index in [0.29, 0.717) is 5.56 Å². The summed E-state index contributed by atoms with van der Waals surface area (Å²) in [6.45, 7) is 15.8. The summed E-state index contributed by atoms with van der Waals surface area (Å²) in [6.07, 6.45) is -1.00. The summed E-state index contributed by atoms with van der Waals surface area (Å²) in [5, 5.41) is 5.43. The molecule has 0 heterocycles. The molecule has 46 heavy (non-hydrogen) atoms. The number of nitrogens with two attached hydrogens (primary N) is 1. The lowest BCUT2D eigenvalue weighted by Crippen LogP contribution is -2.55. The van der Waals surface area contributed by atoms with Crippen molar-refractivity contribution in [3.05, 3.63) is 70.8 Å². The SMILES string of the molecule is CCN(C(=O)C(CCC(N)=O)NC(=O)OC(C)(C)C)C(C(=O)NC(Cc1ccccc1)C(=O)OC(C)(C)C)c1cc(C)cc(C)c1. The fourth-order valence-corrected chi connectivity index (χ4v) is 4.97. The lowest BCUT2D eigenvalue weighted by molar-refractivity contribution is -0.159. The predicted octanol–water partition coefficient (Wildman–Crippen LogP) is 4.42. The van der Waals surface area contributed by atoms with Crippen molar-refractivity contribution in [2.45, 2.75) is 111 Å². The maximum absolute atomic E-state index is 14.3. The first kappa shape index (κ1) is 37.8. The Morgan fingerprint density at radius 2 is 1.39 bits per heavy atom. The summed E-state index contributed by atoms with van der Waals surface area (Å²) in [6, 6.07) is 11.3. The lowest BCUT2D eigenvalue weighted by atomic mass is 9.97. The van der Waals surface area contributed by atoms with E-state index in [1.807, 2.05) is 50.2 Å². The van der Waals surface area contributed by atoms with E-state index in [2.05, 4.69) is 10.6 Å². The molecule has 11 nitrogen and oxygen atoms in total. The second-order valence-corrected chi connectivity index (χ2v) is 13.4. The molecule has 0 spiro atoms. The van der Waals surface area contributed by atoms with Crippen molar-refractivity contribution in [2.75, 3.05) is 6.54 Å². The smallest absolute Gasteiger partial charge is 0.408 e. The average Bonchev–Trinajstić information content (AvgIpc) is 2.91. The molecule has 3 unspecified atom stereocenters. The zero-order chi connectivity index (χ0) is 34.8. The first-order valence-electron chi connectivity index (χ1n) is 15.5. The van der Waals surface area contributed by atoms with Gasteiger partial charge in [-0.05, 0) is 79.9 Å². The molecule has 0 aliphatic rings. The molecular weight excluding hydrogens is 588 g/mol. The van der Waals surface area contributed by atoms with Crippen LogP contribution in [0, 0.1) is 13.8 Å². The molecule has 2 rings (SSSR count). The predicted molar refractivity (Wildman–Crippen MR) is 176 cm³/mol. The molecule has 0 saturated heterocycles. The second kappa shape index (κ2) is 16.2. The van der Waals surface area contributed by atoms with Crippen LogP contribution in [0.5, 0.6) is 0 Å². The van der Waals surface area contributed by atoms with Crippen LogP contribution >= 0.6 is 0 Å². The second-order valence-electron chi connectivity index (χ2n) is 13.4. The summed E-state index contributed by atoms with van der Waals surface area (Å²) in [4.78, 5) is 67.7. The van der Waals surface area contributed by atoms with E-state index in [0.717, 1.165) is 16.7 Å². The standard InChI is InChI=1S/C35H50N4O7/c1-10-39(31(42)26(16-17-28(36)40)38-33(44)46-35(7,8)9)29(25-19-22(2)18-23(3)20-25)30(41)37-27(32(43)45-34(4,5)6)21-24-14-12-11-13-15-24/h11-15,18-20,26-27,29H,10,16-17,21H2,1-9H3,(H2,36,40)(H,37,41)(H,38,44). The molecule has 0 fully saturated rings. The maximum atomic E-state index is 14.3. The summed E-state index contributed by atoms with van der Waals surface area (Å²) in [5.41, 5.74) is 6.78. The van der Waals surface area contributed by atoms with Crippen LogP contribution in [-0.2, 0) is 35.1 Å². The zero-order valence-corrected chi connectivity index (χ0v) is 28.6. The average molecular weight is 639 g/mol. The number of likely N-dealkylation sites (N-methyl/N-ethyl adjacent to an activating group) is 1. The number of carbonyl (C=O) groups excluding carboxylic acids is 5. The van der Waals surface area contributed by atoms with Crippen LogP contribution in [0.1, 0.15) is 89.6 Å². The third-order valence-electron chi connectivity index (χ3n) is 6.70. The minimum atomic E-state index is -1.23. The van der Waals surface area contributed by atoms with E-state index >= 15 is 0 Å². The van der Waals surface area contributed by atoms with Crippen molar-refractivity contribution < 1.29 is 33.4 Å². The highest BCUT2D eigenvalue weighted by Crippen LogP contribution is 2.26. The highest BCUT2D eigenvalue weighted by Gasteiger charge is 2.38. The normalized spacial score (nSPS) is 13.5. The van der Waals surface area contributed by atoms with Crippen LogP contribution < -0.4 is 16.4 Å². The Labute approximate surface area is 272 Å². The van der Waals surface area contributed by atoms with Gasteiger partial charge in [-0.2, -0.15) is 0 Å². The monoisotopic (exact) mass is 638 g/mol. The Hall–Kier alpha value is -4.41. The minimum absolute atomic E-state index is 0.0583. The first-order valence-corrected chi connectivity index (χ1v) is 15.5. The topological polar surface area (TPSA) is 157 Å². The van der Waals surface area contributed by atoms with Gasteiger partial charge in [-0.3, -0.25) is 14.4 Å². The Balaban J connectivity index is 2.59. The largest absolute Gasteiger partial charge is 0.458 e. The minimum Gasteiger partial charge on any atom is -0.458 e. The third-order valence-corrected chi connectivity index (χ3v) is 6.70. The molecule has 4 N–H and O–H groups in total. The van der Waals surface area contributed by atoms with Crippen LogP contribution in [0.3, 0.4) is 0 Å². The number of rotatable bonds is 13. The number of hydrogen-bond donors (Lipinski definition) is 3. The van der Waals surface area contributed by atoms with Crippen molar-refractivity contribution in [1.82, 2.24) is 15.5 Å². The van der Waals surface area contributed by atoms with Gasteiger partial charge in [0.2, 0.25) is 17.7 Å². The molecule has 2 aromatic rings. The number of hydrogen-bond acceptors (Lipinski definition) is 7. The van der Waals surface area contributed by atoms with Crippen LogP contribution in [0.25, 0.3) is 0 Å². The van der Waals surface area contributed by atoms with Gasteiger partial charge < -0.3 is 30.7 Å². The molecule has 0 saturated carbocycles. The third kappa shape index (κ3) is 12.5. The van der Waals surface area contributed by atoms with Crippen LogP contribution in [0.2, 0.25) is 0 Å². The van der Waals surface area contributed by atoms with E-state index < -0.39 is 59.1 Å². The van der Waals surface area contributed by atoms with Gasteiger partial charge >= 0.3 is 12.1 Å². The molecule has 0 aliphatic heterocycles. The van der Waals surface area contributed by atoms with E-state index in [4.69, 9.17) is 15.2 Å². The number of benzene rings is 2. The van der Waals surface area contributed by atoms with E-state index in [9.17, 15) is 24.0 Å². The Kier molecular flexibility index (Phi) is 13.3. The van der Waals surface area contributed by atoms with Gasteiger partial charge in [0.1, 0.15) is 29.3 Å². The Morgan fingerprint density at radius 3 is 1.89 bits per heavy atom. The lowest BCUT2D eigenvalue weighted by Gasteiger charge is -2.35. The molecule has 252 valence electrons. The molecule has 0 bridgehead atoms. The van der Waals surface area contributed by atoms with Gasteiger partial charge in [-0.1, -0.05) is 59.7 Å². The van der Waals surface area contributed by atoms with E-state index in [1.165, 1.54) is 4.90 Å². The van der Waals surface area contributed by atoms with Crippen molar-refractivity contribution in [2.24, 2.45) is 5.73 Å². The zero-order valence-electron chi connectivity index (χ0n) is 28.6. The number of ether oxygens (including phenoxy) is 2. The molecule has 0 aliphatic carbocycles. The van der Waals surface area contributed by atoms with Gasteiger partial charge in [0.25, 0.3) is 0 Å². The highest BCUT2D eigenvalue weighted by molar-refractivity contribution is 5.94. The fourth-order valence-electron chi connectivity index (χ4n) is 4.97. The van der Waals surface area contributed by atoms with Crippen molar-refractivity contribution in [1.29, 1.82) is 0 Å². The van der Waals surface area contributed by atoms with Crippen LogP contribution in [0.4, 0.5) is 4.79 Å². The number of nitrogens with one attached hydrogen (secondary N) is 2. The molecule has 3 atom stereocenters. The Morgan fingerprint density at radius 1 is 0.826 bits per heavy atom. The van der Waals surface area contributed by atoms with E-state index in [1.54, 1.807) is 60.6 Å². The summed E-state index contributed by atoms with van der Waals surface area (Å²) in [7, 11) is 0. The number of alkyl carbamates (subject to hydrolysis) is 1. The first-order chi connectivity index (χ1) is 21.3. The highest BCUT2D eigenvalue weighted by atomic mass is 16.6. The molecule has 0 aromatic heterocycles. The number of amides is 4. The summed E-state index contributed by atoms with van der Waals surface area (Å²) >= 11 is 0. The molecule has 0 radical (unpaired) electrons. The van der Waals surface area contributed by atoms with Gasteiger partial charge in [-0.25, -0.2) is 9.59 Å². The number of nitrogens with zero attached hydrogens (tertiary/aromatic N) is 1. The Bertz CT molecular complexity index is 1360. The fraction of sp³-hybridized carbons (Fsp3) is 0.514. The van der Waals surface area contributed by atoms with E-state index in [-0.39, 0.29) is 25.8 Å². The maximum Gasteiger partial charge on any atom is 0.408 e. The molecule has 4 amide bonds. The number of primary amides is 1. The number of aryl methyl sites for hydroxylation is 2. The van der Waals surface area contributed by atoms with Crippen molar-refractivity contribution in [3.63, 3.8) is 0 Å². The molecular formula is C35H50N4O7. The summed E-state index contributed by atoms with van der Waals surface area (Å²) < 4.78 is 11.0. The quantitative estimate of drug-likeness (QED) is 0.274. The molecule has 2 aromatic carbocycles. The van der Waals surface area contributed by atoms with Gasteiger partial charge in [0.15, 0.2) is 0 Å². The van der Waals surface area contributed by atoms with Gasteiger partial charge in [-0.15, -0.1) is 0 Å². The van der Waals surface area contributed by atoms with Gasteiger partial charge in [0.05, 0.1) is 0 Å². The summed E-state index contributed by atoms with van der Waals surface area (Å²) in [5.74, 6) is -2.51. The van der Waals surface area contributed by atoms with Crippen molar-refractivity contribution >= 4 is 29.8 Å². The number of esters is 1.